The molecule has 1 aromatic carbocycles. The van der Waals surface area contributed by atoms with E-state index in [0.717, 1.165) is 12.3 Å². The third kappa shape index (κ3) is 3.28. The number of hydrogen-bond acceptors (Lipinski definition) is 3. The van der Waals surface area contributed by atoms with Crippen molar-refractivity contribution in [3.05, 3.63) is 33.1 Å². The van der Waals surface area contributed by atoms with Crippen LogP contribution < -0.4 is 11.2 Å². The van der Waals surface area contributed by atoms with Crippen LogP contribution in [0.4, 0.5) is 4.39 Å². The van der Waals surface area contributed by atoms with Gasteiger partial charge in [-0.3, -0.25) is 5.43 Å². The fraction of sp³-hybridized carbons (Fsp3) is 0. The summed E-state index contributed by atoms with van der Waals surface area (Å²) >= 11 is 15.9. The number of hydrazone groups is 1. The SMILES string of the molecule is NC(=S)NN=Cc1c(Cl)c(F)cc(C(=O)O)c1Cl. The summed E-state index contributed by atoms with van der Waals surface area (Å²) in [6, 6.07) is 0.728. The highest BCUT2D eigenvalue weighted by Gasteiger charge is 2.18. The monoisotopic (exact) mass is 309 g/mol. The lowest BCUT2D eigenvalue weighted by Crippen LogP contribution is -2.24. The first-order chi connectivity index (χ1) is 8.34. The third-order valence-electron chi connectivity index (χ3n) is 1.79. The summed E-state index contributed by atoms with van der Waals surface area (Å²) in [5.41, 5.74) is 6.82. The van der Waals surface area contributed by atoms with E-state index < -0.39 is 17.3 Å². The van der Waals surface area contributed by atoms with Crippen LogP contribution in [0.1, 0.15) is 15.9 Å². The molecule has 0 unspecified atom stereocenters. The van der Waals surface area contributed by atoms with Gasteiger partial charge in [-0.1, -0.05) is 23.2 Å². The molecule has 4 N–H and O–H groups in total. The van der Waals surface area contributed by atoms with Gasteiger partial charge in [0.2, 0.25) is 0 Å². The minimum Gasteiger partial charge on any atom is -0.478 e. The molecule has 0 spiro atoms. The molecule has 0 aliphatic heterocycles. The summed E-state index contributed by atoms with van der Waals surface area (Å²) in [4.78, 5) is 10.8. The minimum absolute atomic E-state index is 0.0838. The van der Waals surface area contributed by atoms with Crippen molar-refractivity contribution in [3.63, 3.8) is 0 Å². The second kappa shape index (κ2) is 5.94. The van der Waals surface area contributed by atoms with Crippen molar-refractivity contribution in [1.29, 1.82) is 0 Å². The highest BCUT2D eigenvalue weighted by atomic mass is 35.5. The first-order valence-corrected chi connectivity index (χ1v) is 5.50. The number of aromatic carboxylic acids is 1. The number of thiocarbonyl (C=S) groups is 1. The molecule has 0 bridgehead atoms. The molecule has 18 heavy (non-hydrogen) atoms. The molecule has 1 rings (SSSR count). The maximum Gasteiger partial charge on any atom is 0.337 e. The van der Waals surface area contributed by atoms with Gasteiger partial charge in [-0.15, -0.1) is 0 Å². The molecule has 0 heterocycles. The quantitative estimate of drug-likeness (QED) is 0.344. The van der Waals surface area contributed by atoms with Crippen LogP contribution in [0.15, 0.2) is 11.2 Å². The molecule has 1 aromatic rings. The van der Waals surface area contributed by atoms with Crippen molar-refractivity contribution in [2.45, 2.75) is 0 Å². The van der Waals surface area contributed by atoms with Crippen LogP contribution in [0.3, 0.4) is 0 Å². The van der Waals surface area contributed by atoms with Gasteiger partial charge in [-0.25, -0.2) is 9.18 Å². The topological polar surface area (TPSA) is 87.7 Å². The largest absolute Gasteiger partial charge is 0.478 e. The Bertz CT molecular complexity index is 551. The highest BCUT2D eigenvalue weighted by Crippen LogP contribution is 2.29. The van der Waals surface area contributed by atoms with Gasteiger partial charge in [0.15, 0.2) is 5.11 Å². The molecule has 96 valence electrons. The number of nitrogens with two attached hydrogens (primary N) is 1. The van der Waals surface area contributed by atoms with Crippen LogP contribution in [0.25, 0.3) is 0 Å². The van der Waals surface area contributed by atoms with Crippen molar-refractivity contribution < 1.29 is 14.3 Å². The lowest BCUT2D eigenvalue weighted by molar-refractivity contribution is 0.0696. The fourth-order valence-corrected chi connectivity index (χ4v) is 1.63. The Balaban J connectivity index is 3.29. The molecule has 0 aliphatic carbocycles. The lowest BCUT2D eigenvalue weighted by Gasteiger charge is -2.06. The second-order valence-electron chi connectivity index (χ2n) is 2.99. The lowest BCUT2D eigenvalue weighted by atomic mass is 10.1. The molecule has 0 radical (unpaired) electrons. The summed E-state index contributed by atoms with van der Waals surface area (Å²) in [6.45, 7) is 0. The predicted octanol–water partition coefficient (Wildman–Crippen LogP) is 2.00. The van der Waals surface area contributed by atoms with Gasteiger partial charge < -0.3 is 10.8 Å². The van der Waals surface area contributed by atoms with Crippen LogP contribution >= 0.6 is 35.4 Å². The maximum atomic E-state index is 13.4. The molecule has 0 saturated heterocycles. The zero-order valence-electron chi connectivity index (χ0n) is 8.58. The van der Waals surface area contributed by atoms with Crippen LogP contribution in [0.5, 0.6) is 0 Å². The summed E-state index contributed by atoms with van der Waals surface area (Å²) < 4.78 is 13.4. The third-order valence-corrected chi connectivity index (χ3v) is 2.67. The van der Waals surface area contributed by atoms with E-state index in [9.17, 15) is 9.18 Å². The van der Waals surface area contributed by atoms with Gasteiger partial charge in [-0.2, -0.15) is 5.10 Å². The minimum atomic E-state index is -1.38. The fourth-order valence-electron chi connectivity index (χ4n) is 1.05. The molecule has 0 aliphatic rings. The van der Waals surface area contributed by atoms with Crippen LogP contribution in [-0.2, 0) is 0 Å². The summed E-state index contributed by atoms with van der Waals surface area (Å²) in [6.07, 6.45) is 1.03. The number of nitrogens with zero attached hydrogens (tertiary/aromatic N) is 1. The van der Waals surface area contributed by atoms with Crippen LogP contribution in [-0.4, -0.2) is 22.4 Å². The predicted molar refractivity (Wildman–Crippen MR) is 70.9 cm³/mol. The molecule has 0 amide bonds. The van der Waals surface area contributed by atoms with Crippen molar-refractivity contribution in [3.8, 4) is 0 Å². The Kier molecular flexibility index (Phi) is 4.83. The van der Waals surface area contributed by atoms with Crippen molar-refractivity contribution in [2.24, 2.45) is 10.8 Å². The molecule has 5 nitrogen and oxygen atoms in total. The van der Waals surface area contributed by atoms with Crippen LogP contribution in [0.2, 0.25) is 10.0 Å². The van der Waals surface area contributed by atoms with E-state index in [1.807, 2.05) is 0 Å². The average Bonchev–Trinajstić information content (AvgIpc) is 2.27. The smallest absolute Gasteiger partial charge is 0.337 e. The number of hydrogen-bond donors (Lipinski definition) is 3. The van der Waals surface area contributed by atoms with Crippen LogP contribution in [0, 0.1) is 5.82 Å². The molecule has 9 heteroatoms. The highest BCUT2D eigenvalue weighted by molar-refractivity contribution is 7.80. The molecule has 0 saturated carbocycles. The summed E-state index contributed by atoms with van der Waals surface area (Å²) in [5, 5.41) is 11.7. The molecule has 0 atom stereocenters. The van der Waals surface area contributed by atoms with Crippen molar-refractivity contribution in [2.75, 3.05) is 0 Å². The van der Waals surface area contributed by atoms with E-state index in [1.165, 1.54) is 0 Å². The Labute approximate surface area is 116 Å². The van der Waals surface area contributed by atoms with Gasteiger partial charge in [0.1, 0.15) is 5.82 Å². The van der Waals surface area contributed by atoms with E-state index in [0.29, 0.717) is 0 Å². The van der Waals surface area contributed by atoms with Gasteiger partial charge in [0.25, 0.3) is 0 Å². The Morgan fingerprint density at radius 1 is 1.56 bits per heavy atom. The number of halogens is 3. The van der Waals surface area contributed by atoms with E-state index in [-0.39, 0.29) is 20.7 Å². The number of carbonyl (C=O) groups is 1. The zero-order valence-corrected chi connectivity index (χ0v) is 10.9. The number of rotatable bonds is 3. The number of benzene rings is 1. The number of nitrogens with one attached hydrogen (secondary N) is 1. The van der Waals surface area contributed by atoms with Gasteiger partial charge >= 0.3 is 5.97 Å². The molecule has 0 fully saturated rings. The van der Waals surface area contributed by atoms with E-state index >= 15 is 0 Å². The normalized spacial score (nSPS) is 10.6. The van der Waals surface area contributed by atoms with Gasteiger partial charge in [-0.05, 0) is 18.3 Å². The van der Waals surface area contributed by atoms with E-state index in [2.05, 4.69) is 22.7 Å². The molecular formula is C9H6Cl2FN3O2S. The van der Waals surface area contributed by atoms with Crippen molar-refractivity contribution >= 4 is 52.7 Å². The second-order valence-corrected chi connectivity index (χ2v) is 4.18. The van der Waals surface area contributed by atoms with Gasteiger partial charge in [0.05, 0.1) is 21.8 Å². The van der Waals surface area contributed by atoms with E-state index in [4.69, 9.17) is 34.0 Å². The Morgan fingerprint density at radius 3 is 2.67 bits per heavy atom. The van der Waals surface area contributed by atoms with Crippen molar-refractivity contribution in [1.82, 2.24) is 5.43 Å². The zero-order chi connectivity index (χ0) is 13.9. The summed E-state index contributed by atoms with van der Waals surface area (Å²) in [5.74, 6) is -2.30. The molecule has 0 aromatic heterocycles. The Hall–Kier alpha value is -1.44. The average molecular weight is 310 g/mol. The first-order valence-electron chi connectivity index (χ1n) is 4.34. The summed E-state index contributed by atoms with van der Waals surface area (Å²) in [7, 11) is 0. The molecular weight excluding hydrogens is 304 g/mol. The Morgan fingerprint density at radius 2 is 2.17 bits per heavy atom. The first kappa shape index (κ1) is 14.6. The standard InChI is InChI=1S/C9H6Cl2FN3O2S/c10-6-3(8(16)17)1-5(12)7(11)4(6)2-14-15-9(13)18/h1-2H,(H,16,17)(H3,13,15,18). The van der Waals surface area contributed by atoms with E-state index in [1.54, 1.807) is 0 Å². The number of carboxylic acid groups (broad SMARTS) is 1. The maximum absolute atomic E-state index is 13.4. The van der Waals surface area contributed by atoms with Gasteiger partial charge in [0, 0.05) is 5.56 Å². The number of carboxylic acids is 1.